The van der Waals surface area contributed by atoms with Gasteiger partial charge in [0.2, 0.25) is 0 Å². The van der Waals surface area contributed by atoms with Gasteiger partial charge in [0.15, 0.2) is 11.5 Å². The number of nitrogens with zero attached hydrogens (tertiary/aromatic N) is 1. The summed E-state index contributed by atoms with van der Waals surface area (Å²) in [4.78, 5) is 4.79. The van der Waals surface area contributed by atoms with E-state index < -0.39 is 0 Å². The maximum atomic E-state index is 10.5. The van der Waals surface area contributed by atoms with Gasteiger partial charge in [0.1, 0.15) is 11.3 Å². The minimum Gasteiger partial charge on any atom is -0.504 e. The lowest BCUT2D eigenvalue weighted by molar-refractivity contribution is 0.0507. The molecule has 168 valence electrons. The first-order valence-electron chi connectivity index (χ1n) is 11.8. The summed E-state index contributed by atoms with van der Waals surface area (Å²) in [5.74, 6) is 1.35. The molecule has 3 aromatic rings. The summed E-state index contributed by atoms with van der Waals surface area (Å²) in [5.41, 5.74) is 3.62. The van der Waals surface area contributed by atoms with E-state index in [1.165, 1.54) is 18.4 Å². The molecule has 1 unspecified atom stereocenters. The van der Waals surface area contributed by atoms with Gasteiger partial charge in [0.25, 0.3) is 0 Å². The number of aryl methyl sites for hydroxylation is 1. The van der Waals surface area contributed by atoms with Gasteiger partial charge in [-0.05, 0) is 67.6 Å². The number of hydrogen-bond acceptors (Lipinski definition) is 4. The van der Waals surface area contributed by atoms with Gasteiger partial charge in [-0.2, -0.15) is 0 Å². The van der Waals surface area contributed by atoms with Gasteiger partial charge in [-0.25, -0.2) is 0 Å². The van der Waals surface area contributed by atoms with E-state index in [9.17, 15) is 10.2 Å². The van der Waals surface area contributed by atoms with Crippen molar-refractivity contribution in [2.75, 3.05) is 0 Å². The van der Waals surface area contributed by atoms with Crippen molar-refractivity contribution >= 4 is 22.9 Å². The van der Waals surface area contributed by atoms with Crippen LogP contribution in [0.3, 0.4) is 0 Å². The van der Waals surface area contributed by atoms with Crippen LogP contribution in [0.5, 0.6) is 11.5 Å². The number of hydrogen-bond donors (Lipinski definition) is 2. The summed E-state index contributed by atoms with van der Waals surface area (Å²) in [5, 5.41) is 21.8. The van der Waals surface area contributed by atoms with E-state index in [0.29, 0.717) is 17.1 Å². The molecule has 0 spiro atoms. The van der Waals surface area contributed by atoms with Crippen LogP contribution < -0.4 is 0 Å². The van der Waals surface area contributed by atoms with Crippen molar-refractivity contribution in [3.05, 3.63) is 53.3 Å². The molecule has 1 aromatic heterocycles. The number of para-hydroxylation sites is 1. The van der Waals surface area contributed by atoms with Crippen LogP contribution in [0, 0.1) is 18.3 Å². The second-order valence-corrected chi connectivity index (χ2v) is 10.7. The van der Waals surface area contributed by atoms with Crippen LogP contribution >= 0.6 is 0 Å². The first kappa shape index (κ1) is 21.1. The van der Waals surface area contributed by atoms with E-state index >= 15 is 0 Å². The molecule has 4 heteroatoms. The average molecular weight is 432 g/mol. The Balaban J connectivity index is 1.75. The first-order valence-corrected chi connectivity index (χ1v) is 11.8. The second-order valence-electron chi connectivity index (χ2n) is 10.7. The predicted molar refractivity (Wildman–Crippen MR) is 129 cm³/mol. The highest BCUT2D eigenvalue weighted by Gasteiger charge is 2.51. The Labute approximate surface area is 190 Å². The van der Waals surface area contributed by atoms with Crippen LogP contribution in [0.2, 0.25) is 0 Å². The summed E-state index contributed by atoms with van der Waals surface area (Å²) in [7, 11) is 0. The molecular formula is C28H33NO3. The SMILES string of the molecule is Cc1c(O)c(O)cc2c3c(oc12)C(C=Nc1ccccc1)CC[C@@H]1C(C)(C)CCC[C@@]31C. The number of phenolic OH excluding ortho intramolecular Hbond substituents is 2. The molecule has 1 heterocycles. The Morgan fingerprint density at radius 2 is 1.81 bits per heavy atom. The topological polar surface area (TPSA) is 66.0 Å². The molecule has 0 bridgehead atoms. The van der Waals surface area contributed by atoms with Crippen LogP contribution in [0.15, 0.2) is 45.8 Å². The number of rotatable bonds is 2. The van der Waals surface area contributed by atoms with Crippen molar-refractivity contribution in [3.8, 4) is 11.5 Å². The van der Waals surface area contributed by atoms with Gasteiger partial charge in [0.05, 0.1) is 11.6 Å². The lowest BCUT2D eigenvalue weighted by Crippen LogP contribution is -2.44. The third-order valence-electron chi connectivity index (χ3n) is 8.26. The Kier molecular flexibility index (Phi) is 4.88. The number of aromatic hydroxyl groups is 2. The standard InChI is InChI=1S/C28H33NO3/c1-17-24(31)21(30)15-20-23-26(32-25(17)20)18(16-29-19-9-6-5-7-10-19)11-12-22-27(2,3)13-8-14-28(22,23)4/h5-7,9-10,15-16,18,22,30-31H,8,11-14H2,1-4H3/t18?,22-,28-/m1/s1. The van der Waals surface area contributed by atoms with E-state index in [2.05, 4.69) is 20.8 Å². The quantitative estimate of drug-likeness (QED) is 0.326. The highest BCUT2D eigenvalue weighted by atomic mass is 16.3. The molecule has 0 aliphatic heterocycles. The van der Waals surface area contributed by atoms with E-state index in [4.69, 9.17) is 9.41 Å². The van der Waals surface area contributed by atoms with Gasteiger partial charge in [0, 0.05) is 22.7 Å². The average Bonchev–Trinajstić information content (AvgIpc) is 3.08. The number of phenols is 2. The normalized spacial score (nSPS) is 27.2. The highest BCUT2D eigenvalue weighted by Crippen LogP contribution is 2.60. The van der Waals surface area contributed by atoms with Crippen LogP contribution in [0.25, 0.3) is 11.0 Å². The van der Waals surface area contributed by atoms with Crippen molar-refractivity contribution in [2.45, 2.75) is 71.1 Å². The van der Waals surface area contributed by atoms with Crippen molar-refractivity contribution < 1.29 is 14.6 Å². The lowest BCUT2D eigenvalue weighted by atomic mass is 9.53. The molecule has 4 nitrogen and oxygen atoms in total. The van der Waals surface area contributed by atoms with Gasteiger partial charge in [-0.15, -0.1) is 0 Å². The van der Waals surface area contributed by atoms with E-state index in [-0.39, 0.29) is 28.2 Å². The molecule has 0 saturated heterocycles. The van der Waals surface area contributed by atoms with Crippen molar-refractivity contribution in [1.82, 2.24) is 0 Å². The molecule has 0 radical (unpaired) electrons. The fourth-order valence-corrected chi connectivity index (χ4v) is 6.67. The summed E-state index contributed by atoms with van der Waals surface area (Å²) in [6.07, 6.45) is 7.64. The first-order chi connectivity index (χ1) is 15.2. The zero-order chi connectivity index (χ0) is 22.7. The largest absolute Gasteiger partial charge is 0.504 e. The van der Waals surface area contributed by atoms with Crippen molar-refractivity contribution in [3.63, 3.8) is 0 Å². The Hall–Kier alpha value is -2.75. The van der Waals surface area contributed by atoms with Crippen LogP contribution in [0.1, 0.15) is 75.7 Å². The molecular weight excluding hydrogens is 398 g/mol. The minimum absolute atomic E-state index is 0.0481. The van der Waals surface area contributed by atoms with E-state index in [1.807, 2.05) is 43.5 Å². The van der Waals surface area contributed by atoms with Crippen molar-refractivity contribution in [2.24, 2.45) is 16.3 Å². The van der Waals surface area contributed by atoms with Crippen LogP contribution in [0.4, 0.5) is 5.69 Å². The van der Waals surface area contributed by atoms with Gasteiger partial charge in [-0.1, -0.05) is 45.4 Å². The molecule has 2 aliphatic rings. The van der Waals surface area contributed by atoms with Gasteiger partial charge < -0.3 is 14.6 Å². The molecule has 0 amide bonds. The summed E-state index contributed by atoms with van der Waals surface area (Å²) in [6, 6.07) is 11.7. The molecule has 3 atom stereocenters. The minimum atomic E-state index is -0.0958. The van der Waals surface area contributed by atoms with Gasteiger partial charge >= 0.3 is 0 Å². The molecule has 2 aromatic carbocycles. The molecule has 2 aliphatic carbocycles. The number of furan rings is 1. The molecule has 32 heavy (non-hydrogen) atoms. The zero-order valence-electron chi connectivity index (χ0n) is 19.5. The van der Waals surface area contributed by atoms with Gasteiger partial charge in [-0.3, -0.25) is 4.99 Å². The number of benzene rings is 2. The number of aliphatic imine (C=N–C) groups is 1. The summed E-state index contributed by atoms with van der Waals surface area (Å²) in [6.45, 7) is 9.02. The Morgan fingerprint density at radius 1 is 1.06 bits per heavy atom. The predicted octanol–water partition coefficient (Wildman–Crippen LogP) is 7.52. The maximum Gasteiger partial charge on any atom is 0.164 e. The lowest BCUT2D eigenvalue weighted by Gasteiger charge is -2.50. The summed E-state index contributed by atoms with van der Waals surface area (Å²) >= 11 is 0. The fourth-order valence-electron chi connectivity index (χ4n) is 6.67. The van der Waals surface area contributed by atoms with E-state index in [1.54, 1.807) is 6.07 Å². The second kappa shape index (κ2) is 7.40. The molecule has 1 saturated carbocycles. The fraction of sp³-hybridized carbons (Fsp3) is 0.464. The molecule has 1 fully saturated rings. The van der Waals surface area contributed by atoms with Crippen LogP contribution in [-0.2, 0) is 5.41 Å². The molecule has 5 rings (SSSR count). The van der Waals surface area contributed by atoms with E-state index in [0.717, 1.165) is 36.1 Å². The number of fused-ring (bicyclic) bond motifs is 5. The van der Waals surface area contributed by atoms with Crippen molar-refractivity contribution in [1.29, 1.82) is 0 Å². The summed E-state index contributed by atoms with van der Waals surface area (Å²) < 4.78 is 6.56. The Morgan fingerprint density at radius 3 is 2.56 bits per heavy atom. The monoisotopic (exact) mass is 431 g/mol. The zero-order valence-corrected chi connectivity index (χ0v) is 19.5. The highest BCUT2D eigenvalue weighted by molar-refractivity contribution is 5.91. The van der Waals surface area contributed by atoms with Crippen LogP contribution in [-0.4, -0.2) is 16.4 Å². The third-order valence-corrected chi connectivity index (χ3v) is 8.26. The Bertz CT molecular complexity index is 1190. The smallest absolute Gasteiger partial charge is 0.164 e. The maximum absolute atomic E-state index is 10.5. The third kappa shape index (κ3) is 3.15. The molecule has 2 N–H and O–H groups in total.